The molecule has 390 valence electrons. The number of quaternary nitrogens is 1. The Morgan fingerprint density at radius 3 is 1.19 bits per heavy atom. The molecule has 9 heteroatoms. The van der Waals surface area contributed by atoms with E-state index in [9.17, 15) is 19.5 Å². The molecule has 2 unspecified atom stereocenters. The molecule has 0 amide bonds. The van der Waals surface area contributed by atoms with E-state index < -0.39 is 30.3 Å². The van der Waals surface area contributed by atoms with E-state index in [-0.39, 0.29) is 32.7 Å². The Kier molecular flexibility index (Phi) is 47.0. The van der Waals surface area contributed by atoms with Crippen LogP contribution in [0.25, 0.3) is 0 Å². The highest BCUT2D eigenvalue weighted by atomic mass is 16.7. The zero-order valence-electron chi connectivity index (χ0n) is 44.1. The molecule has 0 bridgehead atoms. The summed E-state index contributed by atoms with van der Waals surface area (Å²) in [4.78, 5) is 37.2. The lowest BCUT2D eigenvalue weighted by atomic mass is 10.0. The maximum absolute atomic E-state index is 12.8. The number of unbranched alkanes of at least 4 members (excludes halogenated alkanes) is 12. The highest BCUT2D eigenvalue weighted by molar-refractivity contribution is 5.70. The van der Waals surface area contributed by atoms with Crippen molar-refractivity contribution >= 4 is 17.9 Å². The second-order valence-electron chi connectivity index (χ2n) is 18.4. The Morgan fingerprint density at radius 2 is 0.783 bits per heavy atom. The fourth-order valence-corrected chi connectivity index (χ4v) is 6.65. The van der Waals surface area contributed by atoms with Crippen LogP contribution in [0.2, 0.25) is 0 Å². The number of allylic oxidation sites excluding steroid dienone is 20. The summed E-state index contributed by atoms with van der Waals surface area (Å²) in [6.45, 7) is 4.43. The molecule has 0 saturated carbocycles. The largest absolute Gasteiger partial charge is 0.545 e. The van der Waals surface area contributed by atoms with E-state index in [4.69, 9.17) is 18.9 Å². The Hall–Kier alpha value is -4.31. The molecule has 2 atom stereocenters. The Bertz CT molecular complexity index is 1540. The third-order valence-corrected chi connectivity index (χ3v) is 10.7. The Balaban J connectivity index is 4.33. The smallest absolute Gasteiger partial charge is 0.306 e. The van der Waals surface area contributed by atoms with Crippen LogP contribution >= 0.6 is 0 Å². The van der Waals surface area contributed by atoms with Gasteiger partial charge in [0.25, 0.3) is 0 Å². The second kappa shape index (κ2) is 50.1. The molecule has 0 aromatic carbocycles. The van der Waals surface area contributed by atoms with Crippen molar-refractivity contribution in [3.05, 3.63) is 122 Å². The average molecular weight is 960 g/mol. The van der Waals surface area contributed by atoms with Gasteiger partial charge in [0.2, 0.25) is 0 Å². The first kappa shape index (κ1) is 64.7. The van der Waals surface area contributed by atoms with Gasteiger partial charge in [-0.2, -0.15) is 0 Å². The predicted octanol–water partition coefficient (Wildman–Crippen LogP) is 14.0. The monoisotopic (exact) mass is 960 g/mol. The molecule has 0 aromatic rings. The van der Waals surface area contributed by atoms with Gasteiger partial charge in [0, 0.05) is 12.8 Å². The van der Waals surface area contributed by atoms with Gasteiger partial charge in [0.1, 0.15) is 13.2 Å². The molecule has 0 spiro atoms. The van der Waals surface area contributed by atoms with Crippen LogP contribution in [0.1, 0.15) is 181 Å². The molecule has 0 heterocycles. The summed E-state index contributed by atoms with van der Waals surface area (Å²) in [5, 5.41) is 11.7. The predicted molar refractivity (Wildman–Crippen MR) is 287 cm³/mol. The molecule has 0 aliphatic carbocycles. The van der Waals surface area contributed by atoms with Crippen LogP contribution in [0, 0.1) is 0 Å². The van der Waals surface area contributed by atoms with Crippen LogP contribution in [0.15, 0.2) is 122 Å². The Morgan fingerprint density at radius 1 is 0.435 bits per heavy atom. The quantitative estimate of drug-likeness (QED) is 0.0195. The number of carboxylic acid groups (broad SMARTS) is 1. The first-order valence-corrected chi connectivity index (χ1v) is 26.7. The number of aliphatic carboxylic acids is 1. The van der Waals surface area contributed by atoms with Crippen LogP contribution < -0.4 is 5.11 Å². The number of esters is 2. The number of nitrogens with zero attached hydrogens (tertiary/aromatic N) is 1. The SMILES string of the molecule is CC/C=C\C/C=C\C/C=C\C/C=C\C/C=C\C/C=C\CCCCCCCCCCCCC(=O)OC(COC(=O)CCCC/C=C\C/C=C\C/C=C\C/C=C\CC)COC(OCC[N+](C)(C)C)C(=O)[O-]. The average Bonchev–Trinajstić information content (AvgIpc) is 3.31. The molecular weight excluding hydrogens is 863 g/mol. The van der Waals surface area contributed by atoms with E-state index in [1.165, 1.54) is 38.5 Å². The second-order valence-corrected chi connectivity index (χ2v) is 18.4. The van der Waals surface area contributed by atoms with Crippen LogP contribution in [0.4, 0.5) is 0 Å². The van der Waals surface area contributed by atoms with Gasteiger partial charge in [-0.1, -0.05) is 187 Å². The van der Waals surface area contributed by atoms with Gasteiger partial charge in [-0.15, -0.1) is 0 Å². The number of carboxylic acids is 1. The molecule has 0 rings (SSSR count). The van der Waals surface area contributed by atoms with Crippen LogP contribution in [-0.2, 0) is 33.3 Å². The highest BCUT2D eigenvalue weighted by Crippen LogP contribution is 2.14. The van der Waals surface area contributed by atoms with Gasteiger partial charge in [0.15, 0.2) is 12.4 Å². The van der Waals surface area contributed by atoms with E-state index in [0.29, 0.717) is 23.9 Å². The molecule has 0 fully saturated rings. The zero-order valence-corrected chi connectivity index (χ0v) is 44.1. The summed E-state index contributed by atoms with van der Waals surface area (Å²) in [6, 6.07) is 0. The standard InChI is InChI=1S/C60H97NO8/c1-6-8-10-12-14-16-18-20-22-23-24-25-26-27-28-29-30-31-32-33-34-35-37-39-41-43-45-47-49-51-58(63)69-56(55-68-60(59(64)65)66-53-52-61(3,4)5)54-67-57(62)50-48-46-44-42-40-38-36-21-19-17-15-13-11-9-7-2/h8-11,14-17,20-22,24-25,27-28,30-31,36,40,42,56,60H,6-7,12-13,18-19,23,26,29,32-35,37-39,41,43-55H2,1-5H3/b10-8-,11-9-,16-14-,17-15-,22-20-,25-24-,28-27-,31-30-,36-21-,42-40-. The van der Waals surface area contributed by atoms with Gasteiger partial charge in [-0.3, -0.25) is 9.59 Å². The molecular formula is C60H97NO8. The van der Waals surface area contributed by atoms with E-state index in [1.54, 1.807) is 0 Å². The van der Waals surface area contributed by atoms with Crippen molar-refractivity contribution in [3.8, 4) is 0 Å². The fourth-order valence-electron chi connectivity index (χ4n) is 6.65. The first-order valence-electron chi connectivity index (χ1n) is 26.7. The summed E-state index contributed by atoms with van der Waals surface area (Å²) in [6.07, 6.45) is 66.7. The summed E-state index contributed by atoms with van der Waals surface area (Å²) < 4.78 is 22.6. The van der Waals surface area contributed by atoms with Crippen molar-refractivity contribution < 1.29 is 42.9 Å². The minimum Gasteiger partial charge on any atom is -0.545 e. The lowest BCUT2D eigenvalue weighted by Crippen LogP contribution is -2.44. The minimum absolute atomic E-state index is 0.133. The number of hydrogen-bond acceptors (Lipinski definition) is 8. The minimum atomic E-state index is -1.64. The van der Waals surface area contributed by atoms with Gasteiger partial charge >= 0.3 is 11.9 Å². The number of likely N-dealkylation sites (N-methyl/N-ethyl adjacent to an activating group) is 1. The number of carbonyl (C=O) groups is 3. The zero-order chi connectivity index (χ0) is 50.6. The van der Waals surface area contributed by atoms with E-state index in [2.05, 4.69) is 135 Å². The van der Waals surface area contributed by atoms with Gasteiger partial charge in [-0.05, 0) is 103 Å². The normalized spacial score (nSPS) is 13.8. The van der Waals surface area contributed by atoms with Crippen LogP contribution in [0.3, 0.4) is 0 Å². The van der Waals surface area contributed by atoms with Crippen molar-refractivity contribution in [3.63, 3.8) is 0 Å². The highest BCUT2D eigenvalue weighted by Gasteiger charge is 2.21. The molecule has 0 radical (unpaired) electrons. The van der Waals surface area contributed by atoms with Crippen molar-refractivity contribution in [2.24, 2.45) is 0 Å². The number of ether oxygens (including phenoxy) is 4. The molecule has 0 aliphatic heterocycles. The summed E-state index contributed by atoms with van der Waals surface area (Å²) in [5.74, 6) is -2.36. The summed E-state index contributed by atoms with van der Waals surface area (Å²) in [5.41, 5.74) is 0. The number of hydrogen-bond donors (Lipinski definition) is 0. The lowest BCUT2D eigenvalue weighted by molar-refractivity contribution is -0.870. The van der Waals surface area contributed by atoms with E-state index >= 15 is 0 Å². The third kappa shape index (κ3) is 51.4. The molecule has 0 N–H and O–H groups in total. The molecule has 0 aromatic heterocycles. The van der Waals surface area contributed by atoms with E-state index in [0.717, 1.165) is 103 Å². The van der Waals surface area contributed by atoms with Gasteiger partial charge < -0.3 is 33.3 Å². The lowest BCUT2D eigenvalue weighted by Gasteiger charge is -2.26. The summed E-state index contributed by atoms with van der Waals surface area (Å²) in [7, 11) is 5.89. The number of rotatable bonds is 47. The van der Waals surface area contributed by atoms with Crippen molar-refractivity contribution in [1.82, 2.24) is 0 Å². The summed E-state index contributed by atoms with van der Waals surface area (Å²) >= 11 is 0. The van der Waals surface area contributed by atoms with Crippen molar-refractivity contribution in [2.45, 2.75) is 193 Å². The molecule has 9 nitrogen and oxygen atoms in total. The maximum Gasteiger partial charge on any atom is 0.306 e. The third-order valence-electron chi connectivity index (χ3n) is 10.7. The topological polar surface area (TPSA) is 111 Å². The van der Waals surface area contributed by atoms with Crippen molar-refractivity contribution in [2.75, 3.05) is 47.5 Å². The molecule has 69 heavy (non-hydrogen) atoms. The van der Waals surface area contributed by atoms with Gasteiger partial charge in [-0.25, -0.2) is 0 Å². The van der Waals surface area contributed by atoms with Gasteiger partial charge in [0.05, 0.1) is 40.3 Å². The molecule has 0 saturated heterocycles. The Labute approximate surface area is 421 Å². The fraction of sp³-hybridized carbons (Fsp3) is 0.617. The number of carbonyl (C=O) groups excluding carboxylic acids is 3. The maximum atomic E-state index is 12.8. The first-order chi connectivity index (χ1) is 33.6. The molecule has 0 aliphatic rings. The van der Waals surface area contributed by atoms with Crippen LogP contribution in [0.5, 0.6) is 0 Å². The van der Waals surface area contributed by atoms with Crippen LogP contribution in [-0.4, -0.2) is 82.3 Å². The van der Waals surface area contributed by atoms with E-state index in [1.807, 2.05) is 21.1 Å². The van der Waals surface area contributed by atoms with Crippen molar-refractivity contribution in [1.29, 1.82) is 0 Å².